The number of ether oxygens (including phenoxy) is 1. The smallest absolute Gasteiger partial charge is 0.357 e. The van der Waals surface area contributed by atoms with E-state index in [1.807, 2.05) is 0 Å². The minimum absolute atomic E-state index is 0.264. The first-order valence-corrected chi connectivity index (χ1v) is 7.11. The summed E-state index contributed by atoms with van der Waals surface area (Å²) in [5.41, 5.74) is 0.390. The van der Waals surface area contributed by atoms with Crippen molar-refractivity contribution in [3.63, 3.8) is 0 Å². The summed E-state index contributed by atoms with van der Waals surface area (Å²) in [6.07, 6.45) is 1.95. The second kappa shape index (κ2) is 6.15. The highest BCUT2D eigenvalue weighted by Crippen LogP contribution is 2.26. The number of piperidine rings is 1. The average molecular weight is 270 g/mol. The maximum atomic E-state index is 11.5. The first-order valence-electron chi connectivity index (χ1n) is 6.23. The van der Waals surface area contributed by atoms with E-state index in [2.05, 4.69) is 9.88 Å². The molecule has 1 saturated heterocycles. The van der Waals surface area contributed by atoms with Gasteiger partial charge in [-0.25, -0.2) is 9.78 Å². The van der Waals surface area contributed by atoms with Crippen molar-refractivity contribution in [2.75, 3.05) is 31.2 Å². The zero-order valence-electron chi connectivity index (χ0n) is 10.5. The highest BCUT2D eigenvalue weighted by atomic mass is 32.1. The van der Waals surface area contributed by atoms with Gasteiger partial charge in [0.2, 0.25) is 0 Å². The third kappa shape index (κ3) is 3.00. The first kappa shape index (κ1) is 13.3. The van der Waals surface area contributed by atoms with Gasteiger partial charge in [0.05, 0.1) is 6.61 Å². The van der Waals surface area contributed by atoms with E-state index in [4.69, 9.17) is 9.84 Å². The number of aromatic nitrogens is 1. The van der Waals surface area contributed by atoms with Gasteiger partial charge in [-0.2, -0.15) is 0 Å². The van der Waals surface area contributed by atoms with Crippen LogP contribution in [0.2, 0.25) is 0 Å². The van der Waals surface area contributed by atoms with Gasteiger partial charge in [-0.3, -0.25) is 0 Å². The Labute approximate surface area is 110 Å². The Hall–Kier alpha value is -1.14. The van der Waals surface area contributed by atoms with Crippen LogP contribution in [0.3, 0.4) is 0 Å². The number of nitrogens with zero attached hydrogens (tertiary/aromatic N) is 2. The molecule has 0 atom stereocenters. The summed E-state index contributed by atoms with van der Waals surface area (Å²) >= 11 is 1.47. The highest BCUT2D eigenvalue weighted by molar-refractivity contribution is 7.13. The minimum Gasteiger partial charge on any atom is -0.461 e. The summed E-state index contributed by atoms with van der Waals surface area (Å²) in [5.74, 6) is 0.0518. The van der Waals surface area contributed by atoms with Crippen LogP contribution in [0.15, 0.2) is 5.38 Å². The molecule has 1 fully saturated rings. The molecule has 0 aliphatic carbocycles. The van der Waals surface area contributed by atoms with Crippen LogP contribution in [0.4, 0.5) is 5.13 Å². The number of rotatable bonds is 4. The third-order valence-electron chi connectivity index (χ3n) is 3.12. The van der Waals surface area contributed by atoms with E-state index in [0.29, 0.717) is 18.2 Å². The van der Waals surface area contributed by atoms with Crippen LogP contribution in [0, 0.1) is 5.92 Å². The van der Waals surface area contributed by atoms with Gasteiger partial charge in [-0.15, -0.1) is 11.3 Å². The van der Waals surface area contributed by atoms with Gasteiger partial charge in [0.15, 0.2) is 10.8 Å². The molecule has 0 saturated carbocycles. The Balaban J connectivity index is 1.96. The number of thiazole rings is 1. The van der Waals surface area contributed by atoms with Crippen LogP contribution < -0.4 is 4.90 Å². The van der Waals surface area contributed by atoms with Crippen LogP contribution in [-0.4, -0.2) is 42.4 Å². The molecule has 0 aromatic carbocycles. The fraction of sp³-hybridized carbons (Fsp3) is 0.667. The molecular weight excluding hydrogens is 252 g/mol. The van der Waals surface area contributed by atoms with Crippen LogP contribution in [0.25, 0.3) is 0 Å². The number of carbonyl (C=O) groups is 1. The summed E-state index contributed by atoms with van der Waals surface area (Å²) in [4.78, 5) is 18.0. The molecule has 5 nitrogen and oxygen atoms in total. The van der Waals surface area contributed by atoms with E-state index in [0.717, 1.165) is 31.1 Å². The number of anilines is 1. The largest absolute Gasteiger partial charge is 0.461 e. The van der Waals surface area contributed by atoms with Crippen molar-refractivity contribution in [1.29, 1.82) is 0 Å². The second-order valence-corrected chi connectivity index (χ2v) is 5.19. The lowest BCUT2D eigenvalue weighted by Crippen LogP contribution is -2.34. The van der Waals surface area contributed by atoms with Gasteiger partial charge >= 0.3 is 5.97 Å². The normalized spacial score (nSPS) is 16.9. The van der Waals surface area contributed by atoms with E-state index < -0.39 is 0 Å². The Morgan fingerprint density at radius 3 is 2.94 bits per heavy atom. The van der Waals surface area contributed by atoms with E-state index in [1.165, 1.54) is 11.3 Å². The zero-order chi connectivity index (χ0) is 13.0. The molecule has 0 spiro atoms. The highest BCUT2D eigenvalue weighted by Gasteiger charge is 2.21. The zero-order valence-corrected chi connectivity index (χ0v) is 11.3. The second-order valence-electron chi connectivity index (χ2n) is 4.35. The Bertz CT molecular complexity index is 400. The molecule has 1 aliphatic heterocycles. The molecule has 0 radical (unpaired) electrons. The molecule has 2 rings (SSSR count). The lowest BCUT2D eigenvalue weighted by molar-refractivity contribution is 0.0520. The van der Waals surface area contributed by atoms with Crippen LogP contribution in [-0.2, 0) is 4.74 Å². The predicted octanol–water partition coefficient (Wildman–Crippen LogP) is 1.53. The van der Waals surface area contributed by atoms with Crippen LogP contribution in [0.5, 0.6) is 0 Å². The standard InChI is InChI=1S/C12H18N2O3S/c1-2-17-11(16)10-8-18-12(13-10)14-5-3-9(7-15)4-6-14/h8-9,15H,2-7H2,1H3. The molecule has 100 valence electrons. The number of hydrogen-bond acceptors (Lipinski definition) is 6. The third-order valence-corrected chi connectivity index (χ3v) is 4.02. The first-order chi connectivity index (χ1) is 8.74. The molecule has 2 heterocycles. The fourth-order valence-corrected chi connectivity index (χ4v) is 2.86. The quantitative estimate of drug-likeness (QED) is 0.841. The number of aliphatic hydroxyl groups excluding tert-OH is 1. The maximum Gasteiger partial charge on any atom is 0.357 e. The van der Waals surface area contributed by atoms with Gasteiger partial charge < -0.3 is 14.7 Å². The van der Waals surface area contributed by atoms with Gasteiger partial charge in [0, 0.05) is 25.1 Å². The number of aliphatic hydroxyl groups is 1. The fourth-order valence-electron chi connectivity index (χ4n) is 2.02. The SMILES string of the molecule is CCOC(=O)c1csc(N2CCC(CO)CC2)n1. The predicted molar refractivity (Wildman–Crippen MR) is 70.1 cm³/mol. The molecule has 0 bridgehead atoms. The van der Waals surface area contributed by atoms with Crippen molar-refractivity contribution in [2.45, 2.75) is 19.8 Å². The van der Waals surface area contributed by atoms with E-state index in [1.54, 1.807) is 12.3 Å². The van der Waals surface area contributed by atoms with Crippen LogP contribution in [0.1, 0.15) is 30.3 Å². The average Bonchev–Trinajstić information content (AvgIpc) is 2.89. The minimum atomic E-state index is -0.356. The summed E-state index contributed by atoms with van der Waals surface area (Å²) in [5, 5.41) is 11.7. The van der Waals surface area contributed by atoms with Gasteiger partial charge in [0.25, 0.3) is 0 Å². The molecular formula is C12H18N2O3S. The Morgan fingerprint density at radius 2 is 2.33 bits per heavy atom. The van der Waals surface area contributed by atoms with Crippen molar-refractivity contribution < 1.29 is 14.6 Å². The van der Waals surface area contributed by atoms with E-state index in [-0.39, 0.29) is 12.6 Å². The van der Waals surface area contributed by atoms with Crippen molar-refractivity contribution in [3.8, 4) is 0 Å². The molecule has 1 aromatic heterocycles. The summed E-state index contributed by atoms with van der Waals surface area (Å²) in [6, 6.07) is 0. The monoisotopic (exact) mass is 270 g/mol. The molecule has 1 N–H and O–H groups in total. The summed E-state index contributed by atoms with van der Waals surface area (Å²) in [6.45, 7) is 4.19. The Kier molecular flexibility index (Phi) is 4.54. The van der Waals surface area contributed by atoms with Gasteiger partial charge in [0.1, 0.15) is 0 Å². The number of esters is 1. The molecule has 0 amide bonds. The topological polar surface area (TPSA) is 62.7 Å². The molecule has 18 heavy (non-hydrogen) atoms. The molecule has 1 aromatic rings. The number of hydrogen-bond donors (Lipinski definition) is 1. The maximum absolute atomic E-state index is 11.5. The van der Waals surface area contributed by atoms with Crippen molar-refractivity contribution in [2.24, 2.45) is 5.92 Å². The van der Waals surface area contributed by atoms with Crippen molar-refractivity contribution in [1.82, 2.24) is 4.98 Å². The molecule has 6 heteroatoms. The number of carbonyl (C=O) groups excluding carboxylic acids is 1. The van der Waals surface area contributed by atoms with Gasteiger partial charge in [-0.05, 0) is 25.7 Å². The molecule has 0 unspecified atom stereocenters. The van der Waals surface area contributed by atoms with Crippen LogP contribution >= 0.6 is 11.3 Å². The molecule has 1 aliphatic rings. The van der Waals surface area contributed by atoms with E-state index >= 15 is 0 Å². The van der Waals surface area contributed by atoms with Crippen molar-refractivity contribution in [3.05, 3.63) is 11.1 Å². The lowest BCUT2D eigenvalue weighted by Gasteiger charge is -2.30. The van der Waals surface area contributed by atoms with Gasteiger partial charge in [-0.1, -0.05) is 0 Å². The van der Waals surface area contributed by atoms with Crippen molar-refractivity contribution >= 4 is 22.4 Å². The summed E-state index contributed by atoms with van der Waals surface area (Å²) in [7, 11) is 0. The summed E-state index contributed by atoms with van der Waals surface area (Å²) < 4.78 is 4.92. The van der Waals surface area contributed by atoms with E-state index in [9.17, 15) is 4.79 Å². The lowest BCUT2D eigenvalue weighted by atomic mass is 9.98. The Morgan fingerprint density at radius 1 is 1.61 bits per heavy atom.